The van der Waals surface area contributed by atoms with Crippen LogP contribution in [-0.2, 0) is 14.3 Å². The van der Waals surface area contributed by atoms with Crippen LogP contribution in [0.3, 0.4) is 0 Å². The van der Waals surface area contributed by atoms with Crippen LogP contribution in [0.4, 0.5) is 0 Å². The number of piperidine rings is 1. The number of hydrogen-bond acceptors (Lipinski definition) is 3. The summed E-state index contributed by atoms with van der Waals surface area (Å²) in [5, 5.41) is 3.27. The lowest BCUT2D eigenvalue weighted by atomic mass is 9.94. The Morgan fingerprint density at radius 2 is 1.67 bits per heavy atom. The molecule has 0 unspecified atom stereocenters. The van der Waals surface area contributed by atoms with Crippen molar-refractivity contribution in [1.82, 2.24) is 10.2 Å². The van der Waals surface area contributed by atoms with Gasteiger partial charge in [0.1, 0.15) is 0 Å². The van der Waals surface area contributed by atoms with E-state index >= 15 is 0 Å². The number of nitrogens with zero attached hydrogens (tertiary/aromatic N) is 1. The minimum Gasteiger partial charge on any atom is -0.381 e. The molecule has 0 radical (unpaired) electrons. The van der Waals surface area contributed by atoms with E-state index in [4.69, 9.17) is 4.74 Å². The van der Waals surface area contributed by atoms with Crippen molar-refractivity contribution >= 4 is 11.8 Å². The minimum atomic E-state index is 0.0899. The summed E-state index contributed by atoms with van der Waals surface area (Å²) in [5.74, 6) is 0.951. The van der Waals surface area contributed by atoms with Gasteiger partial charge in [-0.25, -0.2) is 0 Å². The Labute approximate surface area is 145 Å². The molecule has 5 heteroatoms. The Hall–Kier alpha value is -1.10. The van der Waals surface area contributed by atoms with Crippen LogP contribution in [0.2, 0.25) is 0 Å². The largest absolute Gasteiger partial charge is 0.381 e. The summed E-state index contributed by atoms with van der Waals surface area (Å²) in [4.78, 5) is 26.8. The molecule has 0 aromatic rings. The third-order valence-corrected chi connectivity index (χ3v) is 5.91. The van der Waals surface area contributed by atoms with Crippen LogP contribution in [0, 0.1) is 11.8 Å². The Kier molecular flexibility index (Phi) is 6.52. The van der Waals surface area contributed by atoms with E-state index in [0.717, 1.165) is 58.4 Å². The molecular formula is C19H32N2O3. The second-order valence-corrected chi connectivity index (χ2v) is 7.79. The van der Waals surface area contributed by atoms with Crippen LogP contribution in [0.25, 0.3) is 0 Å². The molecule has 1 atom stereocenters. The highest BCUT2D eigenvalue weighted by Crippen LogP contribution is 2.23. The maximum absolute atomic E-state index is 12.5. The second-order valence-electron chi connectivity index (χ2n) is 7.79. The van der Waals surface area contributed by atoms with Crippen LogP contribution in [0.1, 0.15) is 64.2 Å². The number of carbonyl (C=O) groups is 2. The first-order valence-electron chi connectivity index (χ1n) is 9.88. The maximum atomic E-state index is 12.5. The standard InChI is InChI=1S/C19H32N2O3/c22-18(13-15-9-12-24-14-15)21-10-7-16(8-11-21)19(23)20-17-5-3-1-2-4-6-17/h15-17H,1-14H2,(H,20,23)/t15-/m0/s1. The molecule has 24 heavy (non-hydrogen) atoms. The van der Waals surface area contributed by atoms with Gasteiger partial charge in [-0.05, 0) is 38.0 Å². The molecule has 2 amide bonds. The average molecular weight is 336 g/mol. The molecule has 0 spiro atoms. The smallest absolute Gasteiger partial charge is 0.223 e. The topological polar surface area (TPSA) is 58.6 Å². The first-order chi connectivity index (χ1) is 11.7. The van der Waals surface area contributed by atoms with Gasteiger partial charge in [0.2, 0.25) is 11.8 Å². The summed E-state index contributed by atoms with van der Waals surface area (Å²) in [5.41, 5.74) is 0. The van der Waals surface area contributed by atoms with Crippen molar-refractivity contribution in [3.8, 4) is 0 Å². The average Bonchev–Trinajstić information content (AvgIpc) is 2.97. The van der Waals surface area contributed by atoms with Gasteiger partial charge in [0.25, 0.3) is 0 Å². The van der Waals surface area contributed by atoms with Crippen LogP contribution in [-0.4, -0.2) is 49.1 Å². The van der Waals surface area contributed by atoms with Crippen molar-refractivity contribution in [2.75, 3.05) is 26.3 Å². The number of likely N-dealkylation sites (tertiary alicyclic amines) is 1. The van der Waals surface area contributed by atoms with Crippen molar-refractivity contribution in [2.24, 2.45) is 11.8 Å². The molecule has 5 nitrogen and oxygen atoms in total. The quantitative estimate of drug-likeness (QED) is 0.803. The monoisotopic (exact) mass is 336 g/mol. The number of nitrogens with one attached hydrogen (secondary N) is 1. The molecule has 3 aliphatic rings. The molecule has 136 valence electrons. The van der Waals surface area contributed by atoms with E-state index in [-0.39, 0.29) is 17.7 Å². The summed E-state index contributed by atoms with van der Waals surface area (Å²) in [6, 6.07) is 0.377. The Morgan fingerprint density at radius 1 is 0.958 bits per heavy atom. The molecule has 1 aliphatic carbocycles. The molecule has 3 rings (SSSR count). The number of amides is 2. The van der Waals surface area contributed by atoms with Crippen LogP contribution in [0.15, 0.2) is 0 Å². The predicted molar refractivity (Wildman–Crippen MR) is 92.5 cm³/mol. The minimum absolute atomic E-state index is 0.0899. The fraction of sp³-hybridized carbons (Fsp3) is 0.895. The van der Waals surface area contributed by atoms with E-state index in [1.807, 2.05) is 4.90 Å². The lowest BCUT2D eigenvalue weighted by Gasteiger charge is -2.32. The lowest BCUT2D eigenvalue weighted by Crippen LogP contribution is -2.45. The molecule has 0 aromatic carbocycles. The zero-order valence-corrected chi connectivity index (χ0v) is 14.8. The van der Waals surface area contributed by atoms with Gasteiger partial charge in [-0.15, -0.1) is 0 Å². The zero-order valence-electron chi connectivity index (χ0n) is 14.8. The third kappa shape index (κ3) is 4.95. The fourth-order valence-corrected chi connectivity index (χ4v) is 4.25. The molecular weight excluding hydrogens is 304 g/mol. The SMILES string of the molecule is O=C(NC1CCCCCC1)C1CCN(C(=O)C[C@@H]2CCOC2)CC1. The summed E-state index contributed by atoms with van der Waals surface area (Å²) in [6.45, 7) is 2.98. The summed E-state index contributed by atoms with van der Waals surface area (Å²) < 4.78 is 5.35. The highest BCUT2D eigenvalue weighted by molar-refractivity contribution is 5.80. The Morgan fingerprint density at radius 3 is 2.29 bits per heavy atom. The molecule has 2 aliphatic heterocycles. The van der Waals surface area contributed by atoms with Gasteiger partial charge in [0.15, 0.2) is 0 Å². The maximum Gasteiger partial charge on any atom is 0.223 e. The van der Waals surface area contributed by atoms with Crippen molar-refractivity contribution in [2.45, 2.75) is 70.3 Å². The van der Waals surface area contributed by atoms with Gasteiger partial charge < -0.3 is 15.0 Å². The van der Waals surface area contributed by atoms with Crippen LogP contribution >= 0.6 is 0 Å². The first kappa shape index (κ1) is 17.7. The number of rotatable bonds is 4. The van der Waals surface area contributed by atoms with Gasteiger partial charge in [-0.2, -0.15) is 0 Å². The summed E-state index contributed by atoms with van der Waals surface area (Å²) in [7, 11) is 0. The van der Waals surface area contributed by atoms with Gasteiger partial charge in [0.05, 0.1) is 0 Å². The highest BCUT2D eigenvalue weighted by atomic mass is 16.5. The third-order valence-electron chi connectivity index (χ3n) is 5.91. The molecule has 2 heterocycles. The van der Waals surface area contributed by atoms with E-state index in [1.165, 1.54) is 25.7 Å². The number of hydrogen-bond donors (Lipinski definition) is 1. The first-order valence-corrected chi connectivity index (χ1v) is 9.88. The Bertz CT molecular complexity index is 418. The molecule has 3 fully saturated rings. The Balaban J connectivity index is 1.39. The van der Waals surface area contributed by atoms with Crippen LogP contribution < -0.4 is 5.32 Å². The number of ether oxygens (including phenoxy) is 1. The molecule has 1 saturated carbocycles. The van der Waals surface area contributed by atoms with E-state index in [9.17, 15) is 9.59 Å². The molecule has 0 aromatic heterocycles. The van der Waals surface area contributed by atoms with Gasteiger partial charge in [0, 0.05) is 44.7 Å². The van der Waals surface area contributed by atoms with Crippen LogP contribution in [0.5, 0.6) is 0 Å². The lowest BCUT2D eigenvalue weighted by molar-refractivity contribution is -0.136. The van der Waals surface area contributed by atoms with E-state index in [0.29, 0.717) is 18.4 Å². The van der Waals surface area contributed by atoms with Gasteiger partial charge in [-0.3, -0.25) is 9.59 Å². The van der Waals surface area contributed by atoms with Crippen molar-refractivity contribution in [3.63, 3.8) is 0 Å². The molecule has 1 N–H and O–H groups in total. The van der Waals surface area contributed by atoms with E-state index in [1.54, 1.807) is 0 Å². The normalized spacial score (nSPS) is 27.0. The van der Waals surface area contributed by atoms with Gasteiger partial charge in [-0.1, -0.05) is 25.7 Å². The van der Waals surface area contributed by atoms with E-state index < -0.39 is 0 Å². The second kappa shape index (κ2) is 8.84. The van der Waals surface area contributed by atoms with Crippen molar-refractivity contribution in [3.05, 3.63) is 0 Å². The zero-order chi connectivity index (χ0) is 16.8. The molecule has 0 bridgehead atoms. The van der Waals surface area contributed by atoms with Crippen molar-refractivity contribution < 1.29 is 14.3 Å². The summed E-state index contributed by atoms with van der Waals surface area (Å²) in [6.07, 6.45) is 10.6. The highest BCUT2D eigenvalue weighted by Gasteiger charge is 2.30. The summed E-state index contributed by atoms with van der Waals surface area (Å²) >= 11 is 0. The molecule has 2 saturated heterocycles. The van der Waals surface area contributed by atoms with Crippen molar-refractivity contribution in [1.29, 1.82) is 0 Å². The predicted octanol–water partition coefficient (Wildman–Crippen LogP) is 2.49. The fourth-order valence-electron chi connectivity index (χ4n) is 4.25. The number of carbonyl (C=O) groups excluding carboxylic acids is 2. The van der Waals surface area contributed by atoms with Gasteiger partial charge >= 0.3 is 0 Å². The van der Waals surface area contributed by atoms with E-state index in [2.05, 4.69) is 5.32 Å².